The second kappa shape index (κ2) is 7.07. The number of hydrogen-bond acceptors (Lipinski definition) is 4. The van der Waals surface area contributed by atoms with Crippen molar-refractivity contribution in [2.75, 3.05) is 6.54 Å². The van der Waals surface area contributed by atoms with Gasteiger partial charge in [-0.25, -0.2) is 4.98 Å². The Kier molecular flexibility index (Phi) is 5.42. The van der Waals surface area contributed by atoms with Crippen molar-refractivity contribution in [2.45, 2.75) is 36.4 Å². The molecule has 0 radical (unpaired) electrons. The van der Waals surface area contributed by atoms with Gasteiger partial charge in [-0.2, -0.15) is 5.10 Å². The molecule has 1 atom stereocenters. The molecule has 0 saturated heterocycles. The lowest BCUT2D eigenvalue weighted by Crippen LogP contribution is -2.19. The van der Waals surface area contributed by atoms with Crippen LogP contribution in [0.15, 0.2) is 39.1 Å². The van der Waals surface area contributed by atoms with E-state index in [1.54, 1.807) is 11.8 Å². The van der Waals surface area contributed by atoms with E-state index in [1.807, 2.05) is 0 Å². The summed E-state index contributed by atoms with van der Waals surface area (Å²) in [6.07, 6.45) is 2.66. The van der Waals surface area contributed by atoms with E-state index < -0.39 is 0 Å². The highest BCUT2D eigenvalue weighted by Gasteiger charge is 2.12. The molecule has 2 rings (SSSR count). The first-order valence-electron chi connectivity index (χ1n) is 6.26. The van der Waals surface area contributed by atoms with Gasteiger partial charge in [0.05, 0.1) is 0 Å². The van der Waals surface area contributed by atoms with Crippen molar-refractivity contribution in [3.8, 4) is 0 Å². The standard InChI is InChI=1S/C13H17BrN4S/c1-3-6-15-9(2)11-7-10(14)4-5-12(11)19-13-16-8-17-18-13/h4-5,7-9,15H,3,6H2,1-2H3,(H,16,17,18). The van der Waals surface area contributed by atoms with Gasteiger partial charge in [-0.3, -0.25) is 5.10 Å². The third kappa shape index (κ3) is 4.06. The van der Waals surface area contributed by atoms with Crippen molar-refractivity contribution < 1.29 is 0 Å². The van der Waals surface area contributed by atoms with E-state index in [0.717, 1.165) is 22.6 Å². The summed E-state index contributed by atoms with van der Waals surface area (Å²) >= 11 is 5.14. The Hall–Kier alpha value is -0.850. The number of H-pyrrole nitrogens is 1. The summed E-state index contributed by atoms with van der Waals surface area (Å²) in [6.45, 7) is 5.37. The van der Waals surface area contributed by atoms with Gasteiger partial charge in [0.1, 0.15) is 6.33 Å². The minimum absolute atomic E-state index is 0.308. The van der Waals surface area contributed by atoms with Crippen molar-refractivity contribution >= 4 is 27.7 Å². The van der Waals surface area contributed by atoms with Crippen LogP contribution in [0, 0.1) is 0 Å². The van der Waals surface area contributed by atoms with Crippen LogP contribution in [0.4, 0.5) is 0 Å². The lowest BCUT2D eigenvalue weighted by molar-refractivity contribution is 0.563. The molecule has 102 valence electrons. The zero-order chi connectivity index (χ0) is 13.7. The first kappa shape index (κ1) is 14.6. The topological polar surface area (TPSA) is 53.6 Å². The number of hydrogen-bond donors (Lipinski definition) is 2. The largest absolute Gasteiger partial charge is 0.310 e. The number of nitrogens with one attached hydrogen (secondary N) is 2. The van der Waals surface area contributed by atoms with E-state index in [2.05, 4.69) is 68.5 Å². The van der Waals surface area contributed by atoms with Crippen molar-refractivity contribution in [3.05, 3.63) is 34.6 Å². The summed E-state index contributed by atoms with van der Waals surface area (Å²) in [4.78, 5) is 5.35. The van der Waals surface area contributed by atoms with Gasteiger partial charge < -0.3 is 5.32 Å². The molecule has 0 spiro atoms. The summed E-state index contributed by atoms with van der Waals surface area (Å²) in [5, 5.41) is 11.1. The maximum atomic E-state index is 4.16. The van der Waals surface area contributed by atoms with E-state index in [1.165, 1.54) is 16.8 Å². The van der Waals surface area contributed by atoms with Gasteiger partial charge in [0.15, 0.2) is 5.16 Å². The van der Waals surface area contributed by atoms with Crippen LogP contribution in [0.5, 0.6) is 0 Å². The van der Waals surface area contributed by atoms with Crippen LogP contribution < -0.4 is 5.32 Å². The minimum Gasteiger partial charge on any atom is -0.310 e. The molecule has 2 aromatic rings. The molecule has 19 heavy (non-hydrogen) atoms. The molecule has 0 fully saturated rings. The summed E-state index contributed by atoms with van der Waals surface area (Å²) in [5.41, 5.74) is 1.27. The molecule has 0 aliphatic rings. The Morgan fingerprint density at radius 2 is 2.32 bits per heavy atom. The molecular weight excluding hydrogens is 324 g/mol. The Labute approximate surface area is 125 Å². The van der Waals surface area contributed by atoms with E-state index in [4.69, 9.17) is 0 Å². The second-order valence-corrected chi connectivity index (χ2v) is 6.20. The van der Waals surface area contributed by atoms with Crippen molar-refractivity contribution in [3.63, 3.8) is 0 Å². The van der Waals surface area contributed by atoms with E-state index in [-0.39, 0.29) is 0 Å². The average Bonchev–Trinajstić information content (AvgIpc) is 2.91. The molecule has 4 nitrogen and oxygen atoms in total. The smallest absolute Gasteiger partial charge is 0.188 e. The van der Waals surface area contributed by atoms with Crippen LogP contribution >= 0.6 is 27.7 Å². The van der Waals surface area contributed by atoms with Crippen LogP contribution in [-0.2, 0) is 0 Å². The first-order valence-corrected chi connectivity index (χ1v) is 7.87. The van der Waals surface area contributed by atoms with E-state index >= 15 is 0 Å². The second-order valence-electron chi connectivity index (χ2n) is 4.25. The van der Waals surface area contributed by atoms with Crippen LogP contribution in [0.3, 0.4) is 0 Å². The predicted octanol–water partition coefficient (Wildman–Crippen LogP) is 3.78. The maximum absolute atomic E-state index is 4.16. The van der Waals surface area contributed by atoms with Gasteiger partial charge in [0, 0.05) is 15.4 Å². The van der Waals surface area contributed by atoms with Gasteiger partial charge >= 0.3 is 0 Å². The van der Waals surface area contributed by atoms with Crippen molar-refractivity contribution in [1.82, 2.24) is 20.5 Å². The zero-order valence-corrected chi connectivity index (χ0v) is 13.4. The van der Waals surface area contributed by atoms with Crippen molar-refractivity contribution in [1.29, 1.82) is 0 Å². The number of rotatable bonds is 6. The highest BCUT2D eigenvalue weighted by molar-refractivity contribution is 9.10. The highest BCUT2D eigenvalue weighted by Crippen LogP contribution is 2.33. The molecule has 0 aliphatic carbocycles. The average molecular weight is 341 g/mol. The molecule has 1 aromatic carbocycles. The zero-order valence-electron chi connectivity index (χ0n) is 11.0. The van der Waals surface area contributed by atoms with Crippen molar-refractivity contribution in [2.24, 2.45) is 0 Å². The fraction of sp³-hybridized carbons (Fsp3) is 0.385. The lowest BCUT2D eigenvalue weighted by atomic mass is 10.1. The molecule has 1 unspecified atom stereocenters. The number of aromatic amines is 1. The highest BCUT2D eigenvalue weighted by atomic mass is 79.9. The fourth-order valence-electron chi connectivity index (χ4n) is 1.77. The van der Waals surface area contributed by atoms with Gasteiger partial charge in [0.2, 0.25) is 0 Å². The minimum atomic E-state index is 0.308. The lowest BCUT2D eigenvalue weighted by Gasteiger charge is -2.17. The van der Waals surface area contributed by atoms with Gasteiger partial charge in [-0.15, -0.1) is 0 Å². The molecule has 1 aromatic heterocycles. The SMILES string of the molecule is CCCNC(C)c1cc(Br)ccc1Sc1ncn[nH]1. The van der Waals surface area contributed by atoms with Gasteiger partial charge in [0.25, 0.3) is 0 Å². The van der Waals surface area contributed by atoms with Gasteiger partial charge in [-0.1, -0.05) is 34.6 Å². The normalized spacial score (nSPS) is 12.6. The number of halogens is 1. The Morgan fingerprint density at radius 3 is 3.00 bits per heavy atom. The quantitative estimate of drug-likeness (QED) is 0.840. The van der Waals surface area contributed by atoms with E-state index in [9.17, 15) is 0 Å². The molecule has 0 aliphatic heterocycles. The Bertz CT molecular complexity index is 515. The third-order valence-electron chi connectivity index (χ3n) is 2.74. The Balaban J connectivity index is 2.22. The molecular formula is C13H17BrN4S. The molecule has 0 amide bonds. The van der Waals surface area contributed by atoms with E-state index in [0.29, 0.717) is 6.04 Å². The number of aromatic nitrogens is 3. The Morgan fingerprint density at radius 1 is 1.47 bits per heavy atom. The summed E-state index contributed by atoms with van der Waals surface area (Å²) in [5.74, 6) is 0. The summed E-state index contributed by atoms with van der Waals surface area (Å²) < 4.78 is 1.09. The molecule has 1 heterocycles. The van der Waals surface area contributed by atoms with Crippen LogP contribution in [0.25, 0.3) is 0 Å². The van der Waals surface area contributed by atoms with Crippen LogP contribution in [-0.4, -0.2) is 21.7 Å². The molecule has 0 saturated carbocycles. The first-order chi connectivity index (χ1) is 9.20. The summed E-state index contributed by atoms with van der Waals surface area (Å²) in [7, 11) is 0. The number of benzene rings is 1. The van der Waals surface area contributed by atoms with Crippen LogP contribution in [0.1, 0.15) is 31.9 Å². The van der Waals surface area contributed by atoms with Crippen LogP contribution in [0.2, 0.25) is 0 Å². The van der Waals surface area contributed by atoms with Gasteiger partial charge in [-0.05, 0) is 43.7 Å². The third-order valence-corrected chi connectivity index (χ3v) is 4.21. The molecule has 0 bridgehead atoms. The molecule has 2 N–H and O–H groups in total. The summed E-state index contributed by atoms with van der Waals surface area (Å²) in [6, 6.07) is 6.63. The fourth-order valence-corrected chi connectivity index (χ4v) is 3.04. The predicted molar refractivity (Wildman–Crippen MR) is 81.4 cm³/mol. The monoisotopic (exact) mass is 340 g/mol. The molecule has 6 heteroatoms. The number of nitrogens with zero attached hydrogens (tertiary/aromatic N) is 2. The maximum Gasteiger partial charge on any atom is 0.188 e.